The van der Waals surface area contributed by atoms with Crippen molar-refractivity contribution in [1.29, 1.82) is 0 Å². The average molecular weight is 184 g/mol. The van der Waals surface area contributed by atoms with Crippen LogP contribution >= 0.6 is 8.25 Å². The molecule has 0 aromatic carbocycles. The van der Waals surface area contributed by atoms with Crippen molar-refractivity contribution >= 4 is 25.6 Å². The Balaban J connectivity index is 0. The molecule has 4 nitrogen and oxygen atoms in total. The molecular formula is C4H14AlO4P. The summed E-state index contributed by atoms with van der Waals surface area (Å²) in [5.74, 6) is 0. The van der Waals surface area contributed by atoms with Gasteiger partial charge in [-0.2, -0.15) is 4.67 Å². The van der Waals surface area contributed by atoms with Crippen LogP contribution in [-0.4, -0.2) is 30.6 Å². The van der Waals surface area contributed by atoms with Gasteiger partial charge in [0.25, 0.3) is 0 Å². The number of hydrogen-bond donors (Lipinski definition) is 0. The van der Waals surface area contributed by atoms with Gasteiger partial charge >= 0.3 is 8.25 Å². The monoisotopic (exact) mass is 184 g/mol. The predicted octanol–water partition coefficient (Wildman–Crippen LogP) is 0.197. The lowest BCUT2D eigenvalue weighted by Crippen LogP contribution is -1.86. The number of hydrogen-bond acceptors (Lipinski definition) is 4. The smallest absolute Gasteiger partial charge is 0.309 e. The predicted molar refractivity (Wildman–Crippen MR) is 43.3 cm³/mol. The van der Waals surface area contributed by atoms with Gasteiger partial charge in [0.1, 0.15) is 0 Å². The Morgan fingerprint density at radius 1 is 1.30 bits per heavy atom. The molecule has 0 saturated carbocycles. The summed E-state index contributed by atoms with van der Waals surface area (Å²) in [7, 11) is -2.38. The molecule has 1 unspecified atom stereocenters. The lowest BCUT2D eigenvalue weighted by Gasteiger charge is -1.99. The Kier molecular flexibility index (Phi) is 12.8. The highest BCUT2D eigenvalue weighted by Gasteiger charge is 1.95. The van der Waals surface area contributed by atoms with Gasteiger partial charge in [0.2, 0.25) is 0 Å². The third kappa shape index (κ3) is 8.64. The van der Waals surface area contributed by atoms with E-state index in [2.05, 4.69) is 14.1 Å². The quantitative estimate of drug-likeness (QED) is 0.265. The average Bonchev–Trinajstić information content (AvgIpc) is 1.85. The van der Waals surface area contributed by atoms with Gasteiger partial charge in [-0.3, -0.25) is 4.57 Å². The van der Waals surface area contributed by atoms with E-state index in [1.165, 1.54) is 0 Å². The summed E-state index contributed by atoms with van der Waals surface area (Å²) in [6, 6.07) is 0. The number of rotatable bonds is 5. The summed E-state index contributed by atoms with van der Waals surface area (Å²) >= 11 is 0. The summed E-state index contributed by atoms with van der Waals surface area (Å²) in [5.41, 5.74) is 0. The van der Waals surface area contributed by atoms with Gasteiger partial charge in [-0.15, -0.1) is 0 Å². The molecule has 0 aromatic rings. The highest BCUT2D eigenvalue weighted by molar-refractivity contribution is 7.33. The minimum atomic E-state index is -2.38. The van der Waals surface area contributed by atoms with Crippen LogP contribution in [0.4, 0.5) is 0 Å². The maximum absolute atomic E-state index is 10.4. The fraction of sp³-hybridized carbons (Fsp3) is 1.00. The molecule has 0 fully saturated rings. The van der Waals surface area contributed by atoms with E-state index in [1.54, 1.807) is 13.8 Å². The molecule has 10 heavy (non-hydrogen) atoms. The lowest BCUT2D eigenvalue weighted by molar-refractivity contribution is -0.204. The van der Waals surface area contributed by atoms with E-state index in [-0.39, 0.29) is 17.4 Å². The molecular weight excluding hydrogens is 170 g/mol. The SMILES string of the molecule is CCOO[PH](=O)OCC.[AlH3]. The van der Waals surface area contributed by atoms with E-state index in [4.69, 9.17) is 0 Å². The summed E-state index contributed by atoms with van der Waals surface area (Å²) < 4.78 is 19.2. The second-order valence-corrected chi connectivity index (χ2v) is 2.13. The fourth-order valence-corrected chi connectivity index (χ4v) is 0.747. The molecule has 6 heteroatoms. The van der Waals surface area contributed by atoms with E-state index >= 15 is 0 Å². The van der Waals surface area contributed by atoms with Gasteiger partial charge in [-0.05, 0) is 13.8 Å². The molecule has 1 atom stereocenters. The first-order valence-corrected chi connectivity index (χ1v) is 4.00. The van der Waals surface area contributed by atoms with Crippen molar-refractivity contribution in [3.63, 3.8) is 0 Å². The molecule has 0 aliphatic carbocycles. The largest absolute Gasteiger partial charge is 0.346 e. The first kappa shape index (κ1) is 13.2. The van der Waals surface area contributed by atoms with Crippen LogP contribution < -0.4 is 0 Å². The van der Waals surface area contributed by atoms with Crippen LogP contribution in [-0.2, 0) is 18.7 Å². The van der Waals surface area contributed by atoms with Crippen LogP contribution in [0.15, 0.2) is 0 Å². The molecule has 0 spiro atoms. The molecule has 0 rings (SSSR count). The molecule has 0 heterocycles. The molecule has 0 aliphatic heterocycles. The zero-order valence-corrected chi connectivity index (χ0v) is 6.55. The third-order valence-electron chi connectivity index (χ3n) is 0.507. The van der Waals surface area contributed by atoms with Gasteiger partial charge < -0.3 is 4.52 Å². The normalized spacial score (nSPS) is 12.2. The topological polar surface area (TPSA) is 44.8 Å². The van der Waals surface area contributed by atoms with Gasteiger partial charge in [0, 0.05) is 0 Å². The highest BCUT2D eigenvalue weighted by Crippen LogP contribution is 2.22. The molecule has 0 radical (unpaired) electrons. The van der Waals surface area contributed by atoms with Crippen LogP contribution in [0.3, 0.4) is 0 Å². The van der Waals surface area contributed by atoms with Crippen LogP contribution in [0.2, 0.25) is 0 Å². The van der Waals surface area contributed by atoms with E-state index < -0.39 is 8.25 Å². The summed E-state index contributed by atoms with van der Waals surface area (Å²) in [6.45, 7) is 4.23. The third-order valence-corrected chi connectivity index (χ3v) is 1.29. The van der Waals surface area contributed by atoms with Gasteiger partial charge in [-0.1, -0.05) is 0 Å². The van der Waals surface area contributed by atoms with Gasteiger partial charge in [0.05, 0.1) is 13.2 Å². The van der Waals surface area contributed by atoms with E-state index in [0.717, 1.165) is 0 Å². The molecule has 0 aromatic heterocycles. The zero-order valence-electron chi connectivity index (χ0n) is 5.55. The first-order valence-electron chi connectivity index (χ1n) is 2.77. The zero-order chi connectivity index (χ0) is 7.11. The van der Waals surface area contributed by atoms with Crippen molar-refractivity contribution in [1.82, 2.24) is 0 Å². The second-order valence-electron chi connectivity index (χ2n) is 1.17. The Labute approximate surface area is 71.9 Å². The molecule has 0 aliphatic rings. The Morgan fingerprint density at radius 3 is 2.30 bits per heavy atom. The van der Waals surface area contributed by atoms with Crippen molar-refractivity contribution in [2.24, 2.45) is 0 Å². The molecule has 0 saturated heterocycles. The van der Waals surface area contributed by atoms with Crippen molar-refractivity contribution in [2.45, 2.75) is 13.8 Å². The van der Waals surface area contributed by atoms with Crippen LogP contribution in [0.25, 0.3) is 0 Å². The first-order chi connectivity index (χ1) is 4.31. The van der Waals surface area contributed by atoms with Gasteiger partial charge in [-0.25, -0.2) is 4.89 Å². The minimum Gasteiger partial charge on any atom is -0.309 e. The highest BCUT2D eigenvalue weighted by atomic mass is 31.1. The summed E-state index contributed by atoms with van der Waals surface area (Å²) in [6.07, 6.45) is 0. The fourth-order valence-electron chi connectivity index (χ4n) is 0.249. The standard InChI is InChI=1S/C4H11O4P.Al.3H/c1-3-6-8-9(5)7-4-2;;;;/h9H,3-4H2,1-2H3;;;;. The molecule has 62 valence electrons. The van der Waals surface area contributed by atoms with Crippen molar-refractivity contribution < 1.29 is 18.7 Å². The Hall–Kier alpha value is 0.642. The molecule has 0 N–H and O–H groups in total. The second kappa shape index (κ2) is 9.64. The van der Waals surface area contributed by atoms with Crippen molar-refractivity contribution in [2.75, 3.05) is 13.2 Å². The van der Waals surface area contributed by atoms with Gasteiger partial charge in [0.15, 0.2) is 17.4 Å². The van der Waals surface area contributed by atoms with Crippen molar-refractivity contribution in [3.05, 3.63) is 0 Å². The minimum absolute atomic E-state index is 0. The van der Waals surface area contributed by atoms with E-state index in [0.29, 0.717) is 13.2 Å². The molecule has 0 bridgehead atoms. The Bertz CT molecular complexity index is 89.3. The van der Waals surface area contributed by atoms with Crippen LogP contribution in [0.5, 0.6) is 0 Å². The maximum Gasteiger partial charge on any atom is 0.346 e. The maximum atomic E-state index is 10.4. The summed E-state index contributed by atoms with van der Waals surface area (Å²) in [4.78, 5) is 4.36. The Morgan fingerprint density at radius 2 is 1.90 bits per heavy atom. The summed E-state index contributed by atoms with van der Waals surface area (Å²) in [5, 5.41) is 0. The molecule has 0 amide bonds. The van der Waals surface area contributed by atoms with Crippen LogP contribution in [0, 0.1) is 0 Å². The van der Waals surface area contributed by atoms with Crippen molar-refractivity contribution in [3.8, 4) is 0 Å². The lowest BCUT2D eigenvalue weighted by atomic mass is 10.9. The van der Waals surface area contributed by atoms with E-state index in [9.17, 15) is 4.57 Å². The van der Waals surface area contributed by atoms with Crippen LogP contribution in [0.1, 0.15) is 13.8 Å². The van der Waals surface area contributed by atoms with E-state index in [1.807, 2.05) is 0 Å².